The first-order valence-corrected chi connectivity index (χ1v) is 5.98. The SMILES string of the molecule is CC1CCCC1(Cc1csnn1)C(=O)O. The van der Waals surface area contributed by atoms with Crippen molar-refractivity contribution in [2.75, 3.05) is 0 Å². The normalized spacial score (nSPS) is 30.6. The van der Waals surface area contributed by atoms with Gasteiger partial charge in [-0.15, -0.1) is 5.10 Å². The zero-order valence-electron chi connectivity index (χ0n) is 8.64. The number of carboxylic acid groups (broad SMARTS) is 1. The molecule has 1 aliphatic carbocycles. The van der Waals surface area contributed by atoms with Crippen molar-refractivity contribution >= 4 is 17.5 Å². The fourth-order valence-electron chi connectivity index (χ4n) is 2.49. The van der Waals surface area contributed by atoms with Crippen LogP contribution in [0.1, 0.15) is 31.9 Å². The fraction of sp³-hybridized carbons (Fsp3) is 0.700. The number of aromatic nitrogens is 2. The Kier molecular flexibility index (Phi) is 2.73. The highest BCUT2D eigenvalue weighted by Crippen LogP contribution is 2.45. The largest absolute Gasteiger partial charge is 0.481 e. The molecule has 0 aliphatic heterocycles. The van der Waals surface area contributed by atoms with Crippen LogP contribution in [-0.2, 0) is 11.2 Å². The maximum atomic E-state index is 11.4. The third-order valence-corrected chi connectivity index (χ3v) is 4.08. The summed E-state index contributed by atoms with van der Waals surface area (Å²) in [5.74, 6) is -0.447. The second-order valence-electron chi connectivity index (χ2n) is 4.33. The molecule has 2 rings (SSSR count). The molecular weight excluding hydrogens is 212 g/mol. The van der Waals surface area contributed by atoms with Crippen molar-refractivity contribution in [3.8, 4) is 0 Å². The highest BCUT2D eigenvalue weighted by atomic mass is 32.1. The van der Waals surface area contributed by atoms with E-state index >= 15 is 0 Å². The smallest absolute Gasteiger partial charge is 0.310 e. The molecule has 15 heavy (non-hydrogen) atoms. The summed E-state index contributed by atoms with van der Waals surface area (Å²) in [5, 5.41) is 15.2. The molecule has 1 saturated carbocycles. The van der Waals surface area contributed by atoms with Crippen molar-refractivity contribution < 1.29 is 9.90 Å². The highest BCUT2D eigenvalue weighted by Gasteiger charge is 2.47. The summed E-state index contributed by atoms with van der Waals surface area (Å²) in [5.41, 5.74) is 0.214. The highest BCUT2D eigenvalue weighted by molar-refractivity contribution is 7.03. The number of hydrogen-bond acceptors (Lipinski definition) is 4. The fourth-order valence-corrected chi connectivity index (χ4v) is 2.94. The number of carboxylic acids is 1. The van der Waals surface area contributed by atoms with Gasteiger partial charge in [0.15, 0.2) is 0 Å². The van der Waals surface area contributed by atoms with Crippen LogP contribution in [-0.4, -0.2) is 20.7 Å². The minimum atomic E-state index is -0.680. The molecule has 5 heteroatoms. The molecule has 1 fully saturated rings. The molecule has 0 bridgehead atoms. The average molecular weight is 226 g/mol. The van der Waals surface area contributed by atoms with E-state index in [1.807, 2.05) is 12.3 Å². The maximum Gasteiger partial charge on any atom is 0.310 e. The summed E-state index contributed by atoms with van der Waals surface area (Å²) >= 11 is 1.28. The lowest BCUT2D eigenvalue weighted by Crippen LogP contribution is -2.35. The molecule has 1 aliphatic rings. The van der Waals surface area contributed by atoms with Gasteiger partial charge in [0.25, 0.3) is 0 Å². The molecule has 4 nitrogen and oxygen atoms in total. The summed E-state index contributed by atoms with van der Waals surface area (Å²) in [7, 11) is 0. The molecule has 0 radical (unpaired) electrons. The van der Waals surface area contributed by atoms with E-state index in [0.717, 1.165) is 25.0 Å². The molecule has 1 heterocycles. The Hall–Kier alpha value is -0.970. The molecule has 1 aromatic heterocycles. The number of aliphatic carboxylic acids is 1. The summed E-state index contributed by atoms with van der Waals surface area (Å²) in [6, 6.07) is 0. The van der Waals surface area contributed by atoms with E-state index in [0.29, 0.717) is 6.42 Å². The van der Waals surface area contributed by atoms with Crippen LogP contribution in [0.15, 0.2) is 5.38 Å². The zero-order valence-corrected chi connectivity index (χ0v) is 9.46. The predicted octanol–water partition coefficient (Wildman–Crippen LogP) is 1.97. The Morgan fingerprint density at radius 3 is 3.07 bits per heavy atom. The molecule has 1 N–H and O–H groups in total. The molecule has 0 spiro atoms. The van der Waals surface area contributed by atoms with E-state index in [1.165, 1.54) is 11.5 Å². The van der Waals surface area contributed by atoms with Gasteiger partial charge in [-0.2, -0.15) is 0 Å². The topological polar surface area (TPSA) is 63.1 Å². The quantitative estimate of drug-likeness (QED) is 0.856. The monoisotopic (exact) mass is 226 g/mol. The van der Waals surface area contributed by atoms with Crippen LogP contribution in [0, 0.1) is 11.3 Å². The molecule has 1 aromatic rings. The molecular formula is C10H14N2O2S. The first-order valence-electron chi connectivity index (χ1n) is 5.14. The van der Waals surface area contributed by atoms with Crippen LogP contribution in [0.3, 0.4) is 0 Å². The Morgan fingerprint density at radius 2 is 2.60 bits per heavy atom. The maximum absolute atomic E-state index is 11.4. The van der Waals surface area contributed by atoms with Crippen LogP contribution in [0.5, 0.6) is 0 Å². The Labute approximate surface area is 92.5 Å². The van der Waals surface area contributed by atoms with Crippen LogP contribution in [0.4, 0.5) is 0 Å². The number of hydrogen-bond donors (Lipinski definition) is 1. The van der Waals surface area contributed by atoms with Gasteiger partial charge in [0.05, 0.1) is 11.1 Å². The van der Waals surface area contributed by atoms with E-state index in [1.54, 1.807) is 0 Å². The van der Waals surface area contributed by atoms with Crippen LogP contribution in [0.25, 0.3) is 0 Å². The Morgan fingerprint density at radius 1 is 1.80 bits per heavy atom. The number of rotatable bonds is 3. The van der Waals surface area contributed by atoms with Gasteiger partial charge in [-0.05, 0) is 30.3 Å². The first kappa shape index (κ1) is 10.5. The third-order valence-electron chi connectivity index (χ3n) is 3.53. The molecule has 0 amide bonds. The summed E-state index contributed by atoms with van der Waals surface area (Å²) < 4.78 is 3.78. The van der Waals surface area contributed by atoms with Gasteiger partial charge in [0, 0.05) is 11.8 Å². The third kappa shape index (κ3) is 1.76. The minimum absolute atomic E-state index is 0.233. The van der Waals surface area contributed by atoms with Crippen molar-refractivity contribution in [2.45, 2.75) is 32.6 Å². The van der Waals surface area contributed by atoms with Crippen molar-refractivity contribution in [2.24, 2.45) is 11.3 Å². The van der Waals surface area contributed by atoms with E-state index in [4.69, 9.17) is 0 Å². The van der Waals surface area contributed by atoms with Gasteiger partial charge < -0.3 is 5.11 Å². The first-order chi connectivity index (χ1) is 7.15. The van der Waals surface area contributed by atoms with Gasteiger partial charge in [-0.1, -0.05) is 17.8 Å². The van der Waals surface area contributed by atoms with Crippen molar-refractivity contribution in [3.63, 3.8) is 0 Å². The molecule has 82 valence electrons. The lowest BCUT2D eigenvalue weighted by Gasteiger charge is -2.27. The van der Waals surface area contributed by atoms with Gasteiger partial charge in [0.1, 0.15) is 0 Å². The average Bonchev–Trinajstić information content (AvgIpc) is 2.78. The molecule has 2 atom stereocenters. The minimum Gasteiger partial charge on any atom is -0.481 e. The van der Waals surface area contributed by atoms with Crippen molar-refractivity contribution in [3.05, 3.63) is 11.1 Å². The second-order valence-corrected chi connectivity index (χ2v) is 4.94. The van der Waals surface area contributed by atoms with Crippen LogP contribution < -0.4 is 0 Å². The number of carbonyl (C=O) groups is 1. The van der Waals surface area contributed by atoms with Crippen molar-refractivity contribution in [1.82, 2.24) is 9.59 Å². The molecule has 2 unspecified atom stereocenters. The lowest BCUT2D eigenvalue weighted by molar-refractivity contribution is -0.151. The predicted molar refractivity (Wildman–Crippen MR) is 56.7 cm³/mol. The van der Waals surface area contributed by atoms with E-state index < -0.39 is 11.4 Å². The van der Waals surface area contributed by atoms with Crippen LogP contribution in [0.2, 0.25) is 0 Å². The van der Waals surface area contributed by atoms with E-state index in [9.17, 15) is 9.90 Å². The zero-order chi connectivity index (χ0) is 10.9. The second kappa shape index (κ2) is 3.89. The Balaban J connectivity index is 2.24. The van der Waals surface area contributed by atoms with Gasteiger partial charge in [-0.3, -0.25) is 4.79 Å². The lowest BCUT2D eigenvalue weighted by atomic mass is 9.75. The summed E-state index contributed by atoms with van der Waals surface area (Å²) in [6.45, 7) is 2.03. The van der Waals surface area contributed by atoms with Gasteiger partial charge in [-0.25, -0.2) is 0 Å². The van der Waals surface area contributed by atoms with E-state index in [2.05, 4.69) is 9.59 Å². The van der Waals surface area contributed by atoms with Gasteiger partial charge >= 0.3 is 5.97 Å². The van der Waals surface area contributed by atoms with Crippen LogP contribution >= 0.6 is 11.5 Å². The summed E-state index contributed by atoms with van der Waals surface area (Å²) in [4.78, 5) is 11.4. The van der Waals surface area contributed by atoms with E-state index in [-0.39, 0.29) is 5.92 Å². The summed E-state index contributed by atoms with van der Waals surface area (Å²) in [6.07, 6.45) is 3.30. The Bertz CT molecular complexity index is 352. The van der Waals surface area contributed by atoms with Crippen molar-refractivity contribution in [1.29, 1.82) is 0 Å². The molecule has 0 saturated heterocycles. The molecule has 0 aromatic carbocycles. The number of nitrogens with zero attached hydrogens (tertiary/aromatic N) is 2. The standard InChI is InChI=1S/C10H14N2O2S/c1-7-3-2-4-10(7,9(13)14)5-8-6-15-12-11-8/h6-7H,2-5H2,1H3,(H,13,14). The van der Waals surface area contributed by atoms with Gasteiger partial charge in [0.2, 0.25) is 0 Å².